The number of carbonyl (C=O) groups is 1. The number of aromatic amines is 1. The van der Waals surface area contributed by atoms with E-state index in [0.717, 1.165) is 25.7 Å². The maximum Gasteiger partial charge on any atom is 0.263 e. The Morgan fingerprint density at radius 3 is 2.65 bits per heavy atom. The van der Waals surface area contributed by atoms with Crippen LogP contribution in [0.1, 0.15) is 41.0 Å². The van der Waals surface area contributed by atoms with E-state index in [2.05, 4.69) is 22.1 Å². The van der Waals surface area contributed by atoms with Gasteiger partial charge in [0.1, 0.15) is 11.4 Å². The van der Waals surface area contributed by atoms with Crippen molar-refractivity contribution in [2.75, 3.05) is 13.1 Å². The summed E-state index contributed by atoms with van der Waals surface area (Å²) in [6, 6.07) is 10.1. The van der Waals surface area contributed by atoms with E-state index in [9.17, 15) is 14.7 Å². The van der Waals surface area contributed by atoms with Crippen molar-refractivity contribution in [3.8, 4) is 0 Å². The van der Waals surface area contributed by atoms with Gasteiger partial charge >= 0.3 is 0 Å². The van der Waals surface area contributed by atoms with Gasteiger partial charge in [-0.25, -0.2) is 4.98 Å². The lowest BCUT2D eigenvalue weighted by Gasteiger charge is -2.34. The molecule has 0 bridgehead atoms. The Labute approximate surface area is 152 Å². The second kappa shape index (κ2) is 8.27. The number of hydrogen-bond acceptors (Lipinski definition) is 4. The second-order valence-corrected chi connectivity index (χ2v) is 6.93. The fourth-order valence-corrected chi connectivity index (χ4v) is 3.49. The molecule has 1 aliphatic heterocycles. The van der Waals surface area contributed by atoms with E-state index in [4.69, 9.17) is 0 Å². The van der Waals surface area contributed by atoms with Gasteiger partial charge in [0, 0.05) is 19.3 Å². The minimum absolute atomic E-state index is 0.0821. The van der Waals surface area contributed by atoms with Crippen LogP contribution in [-0.4, -0.2) is 45.1 Å². The maximum atomic E-state index is 12.5. The largest absolute Gasteiger partial charge is 0.393 e. The third kappa shape index (κ3) is 4.38. The van der Waals surface area contributed by atoms with Gasteiger partial charge in [-0.2, -0.15) is 0 Å². The number of aryl methyl sites for hydroxylation is 2. The maximum absolute atomic E-state index is 12.5. The minimum atomic E-state index is -0.396. The van der Waals surface area contributed by atoms with E-state index in [1.807, 2.05) is 18.2 Å². The van der Waals surface area contributed by atoms with Gasteiger partial charge in [0.15, 0.2) is 0 Å². The van der Waals surface area contributed by atoms with E-state index in [0.29, 0.717) is 18.9 Å². The van der Waals surface area contributed by atoms with Gasteiger partial charge in [-0.1, -0.05) is 30.3 Å². The zero-order chi connectivity index (χ0) is 18.5. The summed E-state index contributed by atoms with van der Waals surface area (Å²) in [5.41, 5.74) is 0.913. The number of amides is 1. The monoisotopic (exact) mass is 355 g/mol. The van der Waals surface area contributed by atoms with Crippen molar-refractivity contribution in [2.24, 2.45) is 5.92 Å². The Morgan fingerprint density at radius 2 is 2.00 bits per heavy atom. The number of aliphatic hydroxyl groups is 1. The van der Waals surface area contributed by atoms with Gasteiger partial charge in [-0.05, 0) is 44.1 Å². The first-order valence-corrected chi connectivity index (χ1v) is 9.12. The Morgan fingerprint density at radius 1 is 1.31 bits per heavy atom. The smallest absolute Gasteiger partial charge is 0.263 e. The van der Waals surface area contributed by atoms with Crippen LogP contribution in [-0.2, 0) is 6.42 Å². The molecule has 3 rings (SSSR count). The molecule has 1 saturated heterocycles. The molecule has 0 unspecified atom stereocenters. The van der Waals surface area contributed by atoms with Crippen LogP contribution in [0.3, 0.4) is 0 Å². The summed E-state index contributed by atoms with van der Waals surface area (Å²) in [7, 11) is 0. The number of H-pyrrole nitrogens is 1. The van der Waals surface area contributed by atoms with Crippen LogP contribution in [0.25, 0.3) is 0 Å². The quantitative estimate of drug-likeness (QED) is 0.858. The number of hydrogen-bond donors (Lipinski definition) is 2. The highest BCUT2D eigenvalue weighted by atomic mass is 16.3. The van der Waals surface area contributed by atoms with Gasteiger partial charge in [0.2, 0.25) is 0 Å². The molecule has 2 N–H and O–H groups in total. The fraction of sp³-hybridized carbons (Fsp3) is 0.450. The van der Waals surface area contributed by atoms with Gasteiger partial charge in [0.25, 0.3) is 11.5 Å². The lowest BCUT2D eigenvalue weighted by Crippen LogP contribution is -2.43. The highest BCUT2D eigenvalue weighted by molar-refractivity contribution is 5.93. The first kappa shape index (κ1) is 18.3. The van der Waals surface area contributed by atoms with Crippen LogP contribution < -0.4 is 5.56 Å². The van der Waals surface area contributed by atoms with E-state index < -0.39 is 5.56 Å². The molecule has 0 radical (unpaired) electrons. The molecule has 1 aliphatic rings. The SMILES string of the molecule is Cc1ncc(C(=O)N2CCC([C@@H](O)CCc3ccccc3)CC2)c(=O)[nH]1. The number of nitrogens with zero attached hydrogens (tertiary/aromatic N) is 2. The van der Waals surface area contributed by atoms with Crippen LogP contribution in [0, 0.1) is 12.8 Å². The number of aromatic nitrogens is 2. The van der Waals surface area contributed by atoms with Gasteiger partial charge in [-0.15, -0.1) is 0 Å². The molecule has 1 aromatic carbocycles. The Kier molecular flexibility index (Phi) is 5.83. The lowest BCUT2D eigenvalue weighted by atomic mass is 9.88. The molecule has 1 fully saturated rings. The molecule has 6 nitrogen and oxygen atoms in total. The topological polar surface area (TPSA) is 86.3 Å². The minimum Gasteiger partial charge on any atom is -0.393 e. The number of piperidine rings is 1. The predicted molar refractivity (Wildman–Crippen MR) is 99.0 cm³/mol. The van der Waals surface area contributed by atoms with Crippen molar-refractivity contribution in [1.29, 1.82) is 0 Å². The van der Waals surface area contributed by atoms with Crippen molar-refractivity contribution in [2.45, 2.75) is 38.7 Å². The summed E-state index contributed by atoms with van der Waals surface area (Å²) in [4.78, 5) is 32.7. The molecule has 2 heterocycles. The van der Waals surface area contributed by atoms with Gasteiger partial charge in [0.05, 0.1) is 6.10 Å². The van der Waals surface area contributed by atoms with E-state index in [1.54, 1.807) is 11.8 Å². The Balaban J connectivity index is 1.52. The molecule has 26 heavy (non-hydrogen) atoms. The Bertz CT molecular complexity index is 795. The molecular weight excluding hydrogens is 330 g/mol. The first-order chi connectivity index (χ1) is 12.5. The molecule has 6 heteroatoms. The lowest BCUT2D eigenvalue weighted by molar-refractivity contribution is 0.0435. The summed E-state index contributed by atoms with van der Waals surface area (Å²) in [5, 5.41) is 10.5. The average Bonchev–Trinajstić information content (AvgIpc) is 2.66. The number of rotatable bonds is 5. The fourth-order valence-electron chi connectivity index (χ4n) is 3.49. The van der Waals surface area contributed by atoms with E-state index in [-0.39, 0.29) is 23.5 Å². The third-order valence-electron chi connectivity index (χ3n) is 5.10. The van der Waals surface area contributed by atoms with Crippen molar-refractivity contribution >= 4 is 5.91 Å². The highest BCUT2D eigenvalue weighted by Crippen LogP contribution is 2.24. The number of likely N-dealkylation sites (tertiary alicyclic amines) is 1. The zero-order valence-corrected chi connectivity index (χ0v) is 15.0. The standard InChI is InChI=1S/C20H25N3O3/c1-14-21-13-17(19(25)22-14)20(26)23-11-9-16(10-12-23)18(24)8-7-15-5-3-2-4-6-15/h2-6,13,16,18,24H,7-12H2,1H3,(H,21,22,25)/t18-/m0/s1. The summed E-state index contributed by atoms with van der Waals surface area (Å²) < 4.78 is 0. The first-order valence-electron chi connectivity index (χ1n) is 9.12. The predicted octanol–water partition coefficient (Wildman–Crippen LogP) is 1.92. The van der Waals surface area contributed by atoms with Crippen molar-refractivity contribution in [3.05, 3.63) is 63.8 Å². The third-order valence-corrected chi connectivity index (χ3v) is 5.10. The van der Waals surface area contributed by atoms with Crippen LogP contribution >= 0.6 is 0 Å². The zero-order valence-electron chi connectivity index (χ0n) is 15.0. The van der Waals surface area contributed by atoms with E-state index in [1.165, 1.54) is 11.8 Å². The molecule has 1 atom stereocenters. The van der Waals surface area contributed by atoms with Crippen LogP contribution in [0.15, 0.2) is 41.3 Å². The van der Waals surface area contributed by atoms with Crippen molar-refractivity contribution in [1.82, 2.24) is 14.9 Å². The van der Waals surface area contributed by atoms with E-state index >= 15 is 0 Å². The number of nitrogens with one attached hydrogen (secondary N) is 1. The number of aliphatic hydroxyl groups excluding tert-OH is 1. The normalized spacial score (nSPS) is 16.5. The van der Waals surface area contributed by atoms with Crippen LogP contribution in [0.4, 0.5) is 0 Å². The molecule has 2 aromatic rings. The molecule has 1 amide bonds. The number of benzene rings is 1. The average molecular weight is 355 g/mol. The molecule has 0 saturated carbocycles. The molecule has 0 spiro atoms. The van der Waals surface area contributed by atoms with Crippen molar-refractivity contribution in [3.63, 3.8) is 0 Å². The summed E-state index contributed by atoms with van der Waals surface area (Å²) in [5.74, 6) is 0.403. The van der Waals surface area contributed by atoms with Crippen molar-refractivity contribution < 1.29 is 9.90 Å². The highest BCUT2D eigenvalue weighted by Gasteiger charge is 2.28. The molecule has 0 aliphatic carbocycles. The van der Waals surface area contributed by atoms with Crippen LogP contribution in [0.5, 0.6) is 0 Å². The van der Waals surface area contributed by atoms with Gasteiger partial charge in [-0.3, -0.25) is 9.59 Å². The Hall–Kier alpha value is -2.47. The molecular formula is C20H25N3O3. The molecule has 138 valence electrons. The number of carbonyl (C=O) groups excluding carboxylic acids is 1. The summed E-state index contributed by atoms with van der Waals surface area (Å²) in [6.07, 6.45) is 4.06. The summed E-state index contributed by atoms with van der Waals surface area (Å²) in [6.45, 7) is 2.79. The molecule has 1 aromatic heterocycles. The van der Waals surface area contributed by atoms with Crippen LogP contribution in [0.2, 0.25) is 0 Å². The van der Waals surface area contributed by atoms with Gasteiger partial charge < -0.3 is 15.0 Å². The summed E-state index contributed by atoms with van der Waals surface area (Å²) >= 11 is 0. The second-order valence-electron chi connectivity index (χ2n) is 6.93.